The van der Waals surface area contributed by atoms with Gasteiger partial charge in [-0.15, -0.1) is 5.10 Å². The van der Waals surface area contributed by atoms with Crippen molar-refractivity contribution >= 4 is 5.97 Å². The van der Waals surface area contributed by atoms with Crippen molar-refractivity contribution < 1.29 is 9.90 Å². The fraction of sp³-hybridized carbons (Fsp3) is 0.857. The minimum Gasteiger partial charge on any atom is -0.481 e. The number of carboxylic acid groups (broad SMARTS) is 1. The molecule has 7 heteroatoms. The zero-order valence-electron chi connectivity index (χ0n) is 13.1. The SMILES string of the molecule is CCCCn1nnnc1CN1CCC(C(=O)O)(C(C)C)C1. The molecular formula is C14H25N5O2. The summed E-state index contributed by atoms with van der Waals surface area (Å²) in [5.41, 5.74) is -0.637. The van der Waals surface area contributed by atoms with Crippen LogP contribution in [0.25, 0.3) is 0 Å². The van der Waals surface area contributed by atoms with Crippen LogP contribution >= 0.6 is 0 Å². The number of likely N-dealkylation sites (tertiary alicyclic amines) is 1. The molecule has 118 valence electrons. The molecule has 0 amide bonds. The minimum atomic E-state index is -0.689. The van der Waals surface area contributed by atoms with E-state index in [-0.39, 0.29) is 5.92 Å². The average molecular weight is 295 g/mol. The van der Waals surface area contributed by atoms with E-state index < -0.39 is 11.4 Å². The summed E-state index contributed by atoms with van der Waals surface area (Å²) in [6, 6.07) is 0. The van der Waals surface area contributed by atoms with Crippen LogP contribution in [0.4, 0.5) is 0 Å². The summed E-state index contributed by atoms with van der Waals surface area (Å²) in [7, 11) is 0. The third-order valence-electron chi connectivity index (χ3n) is 4.61. The summed E-state index contributed by atoms with van der Waals surface area (Å²) >= 11 is 0. The molecule has 0 aromatic carbocycles. The van der Waals surface area contributed by atoms with E-state index in [9.17, 15) is 9.90 Å². The van der Waals surface area contributed by atoms with Gasteiger partial charge in [0, 0.05) is 13.1 Å². The lowest BCUT2D eigenvalue weighted by atomic mass is 9.76. The Labute approximate surface area is 125 Å². The molecule has 1 aliphatic rings. The topological polar surface area (TPSA) is 84.1 Å². The van der Waals surface area contributed by atoms with E-state index in [2.05, 4.69) is 27.3 Å². The Morgan fingerprint density at radius 1 is 1.48 bits per heavy atom. The van der Waals surface area contributed by atoms with E-state index in [1.165, 1.54) is 0 Å². The third kappa shape index (κ3) is 3.23. The van der Waals surface area contributed by atoms with Crippen molar-refractivity contribution in [1.29, 1.82) is 0 Å². The van der Waals surface area contributed by atoms with Gasteiger partial charge in [0.2, 0.25) is 0 Å². The Morgan fingerprint density at radius 2 is 2.24 bits per heavy atom. The molecule has 1 aromatic heterocycles. The Kier molecular flexibility index (Phi) is 4.92. The fourth-order valence-corrected chi connectivity index (χ4v) is 2.96. The normalized spacial score (nSPS) is 23.0. The van der Waals surface area contributed by atoms with Gasteiger partial charge in [0.1, 0.15) is 0 Å². The number of nitrogens with zero attached hydrogens (tertiary/aromatic N) is 5. The second kappa shape index (κ2) is 6.51. The van der Waals surface area contributed by atoms with Crippen LogP contribution in [0, 0.1) is 11.3 Å². The molecule has 0 aliphatic carbocycles. The van der Waals surface area contributed by atoms with Crippen molar-refractivity contribution in [2.24, 2.45) is 11.3 Å². The van der Waals surface area contributed by atoms with Crippen LogP contribution in [0.15, 0.2) is 0 Å². The number of rotatable bonds is 7. The quantitative estimate of drug-likeness (QED) is 0.818. The molecular weight excluding hydrogens is 270 g/mol. The smallest absolute Gasteiger partial charge is 0.311 e. The number of aliphatic carboxylic acids is 1. The van der Waals surface area contributed by atoms with Gasteiger partial charge >= 0.3 is 5.97 Å². The zero-order valence-corrected chi connectivity index (χ0v) is 13.1. The molecule has 1 aliphatic heterocycles. The molecule has 0 bridgehead atoms. The first kappa shape index (κ1) is 15.9. The summed E-state index contributed by atoms with van der Waals surface area (Å²) in [6.45, 7) is 8.91. The first-order valence-electron chi connectivity index (χ1n) is 7.70. The van der Waals surface area contributed by atoms with Gasteiger partial charge in [0.25, 0.3) is 0 Å². The number of aromatic nitrogens is 4. The maximum absolute atomic E-state index is 11.6. The average Bonchev–Trinajstić information content (AvgIpc) is 3.04. The van der Waals surface area contributed by atoms with E-state index >= 15 is 0 Å². The van der Waals surface area contributed by atoms with Crippen LogP contribution in [0.5, 0.6) is 0 Å². The standard InChI is InChI=1S/C14H25N5O2/c1-4-5-7-19-12(15-16-17-19)9-18-8-6-14(10-18,11(2)3)13(20)21/h11H,4-10H2,1-3H3,(H,20,21). The van der Waals surface area contributed by atoms with Crippen molar-refractivity contribution in [2.45, 2.75) is 53.1 Å². The highest BCUT2D eigenvalue weighted by molar-refractivity contribution is 5.75. The molecule has 7 nitrogen and oxygen atoms in total. The molecule has 0 radical (unpaired) electrons. The highest BCUT2D eigenvalue weighted by atomic mass is 16.4. The number of hydrogen-bond donors (Lipinski definition) is 1. The summed E-state index contributed by atoms with van der Waals surface area (Å²) in [5, 5.41) is 21.4. The monoisotopic (exact) mass is 295 g/mol. The van der Waals surface area contributed by atoms with Gasteiger partial charge in [-0.2, -0.15) is 0 Å². The maximum atomic E-state index is 11.6. The fourth-order valence-electron chi connectivity index (χ4n) is 2.96. The molecule has 1 atom stereocenters. The first-order valence-corrected chi connectivity index (χ1v) is 7.70. The van der Waals surface area contributed by atoms with Crippen LogP contribution < -0.4 is 0 Å². The number of carboxylic acids is 1. The predicted octanol–water partition coefficient (Wildman–Crippen LogP) is 1.41. The zero-order chi connectivity index (χ0) is 15.5. The summed E-state index contributed by atoms with van der Waals surface area (Å²) in [5.74, 6) is 0.259. The van der Waals surface area contributed by atoms with E-state index in [4.69, 9.17) is 0 Å². The Balaban J connectivity index is 2.02. The summed E-state index contributed by atoms with van der Waals surface area (Å²) in [4.78, 5) is 13.8. The second-order valence-electron chi connectivity index (χ2n) is 6.25. The molecule has 1 aromatic rings. The summed E-state index contributed by atoms with van der Waals surface area (Å²) in [6.07, 6.45) is 2.83. The van der Waals surface area contributed by atoms with Gasteiger partial charge in [-0.3, -0.25) is 9.69 Å². The number of unbranched alkanes of at least 4 members (excludes halogenated alkanes) is 1. The van der Waals surface area contributed by atoms with Crippen LogP contribution in [-0.4, -0.2) is 49.3 Å². The highest BCUT2D eigenvalue weighted by Gasteiger charge is 2.47. The lowest BCUT2D eigenvalue weighted by Crippen LogP contribution is -2.39. The van der Waals surface area contributed by atoms with Gasteiger partial charge < -0.3 is 5.11 Å². The number of tetrazole rings is 1. The lowest BCUT2D eigenvalue weighted by molar-refractivity contribution is -0.151. The molecule has 0 spiro atoms. The Hall–Kier alpha value is -1.50. The lowest BCUT2D eigenvalue weighted by Gasteiger charge is -2.28. The van der Waals surface area contributed by atoms with Crippen LogP contribution in [0.2, 0.25) is 0 Å². The molecule has 1 unspecified atom stereocenters. The Bertz CT molecular complexity index is 487. The third-order valence-corrected chi connectivity index (χ3v) is 4.61. The number of aryl methyl sites for hydroxylation is 1. The molecule has 21 heavy (non-hydrogen) atoms. The van der Waals surface area contributed by atoms with Gasteiger partial charge in [-0.05, 0) is 35.7 Å². The molecule has 0 saturated carbocycles. The van der Waals surface area contributed by atoms with Crippen LogP contribution in [0.1, 0.15) is 45.9 Å². The van der Waals surface area contributed by atoms with Crippen molar-refractivity contribution in [3.05, 3.63) is 5.82 Å². The predicted molar refractivity (Wildman–Crippen MR) is 77.5 cm³/mol. The van der Waals surface area contributed by atoms with Crippen LogP contribution in [0.3, 0.4) is 0 Å². The Morgan fingerprint density at radius 3 is 2.81 bits per heavy atom. The highest BCUT2D eigenvalue weighted by Crippen LogP contribution is 2.38. The van der Waals surface area contributed by atoms with Gasteiger partial charge in [-0.1, -0.05) is 27.2 Å². The van der Waals surface area contributed by atoms with Crippen molar-refractivity contribution in [3.8, 4) is 0 Å². The largest absolute Gasteiger partial charge is 0.481 e. The van der Waals surface area contributed by atoms with Gasteiger partial charge in [-0.25, -0.2) is 4.68 Å². The summed E-state index contributed by atoms with van der Waals surface area (Å²) < 4.78 is 1.83. The van der Waals surface area contributed by atoms with E-state index in [1.807, 2.05) is 18.5 Å². The minimum absolute atomic E-state index is 0.121. The second-order valence-corrected chi connectivity index (χ2v) is 6.25. The van der Waals surface area contributed by atoms with E-state index in [1.54, 1.807) is 0 Å². The maximum Gasteiger partial charge on any atom is 0.311 e. The van der Waals surface area contributed by atoms with E-state index in [0.29, 0.717) is 19.5 Å². The van der Waals surface area contributed by atoms with Crippen LogP contribution in [-0.2, 0) is 17.9 Å². The molecule has 2 rings (SSSR count). The molecule has 1 fully saturated rings. The molecule has 1 N–H and O–H groups in total. The van der Waals surface area contributed by atoms with Crippen molar-refractivity contribution in [1.82, 2.24) is 25.1 Å². The van der Waals surface area contributed by atoms with Crippen molar-refractivity contribution in [2.75, 3.05) is 13.1 Å². The molecule has 1 saturated heterocycles. The first-order chi connectivity index (χ1) is 9.99. The van der Waals surface area contributed by atoms with Gasteiger partial charge in [0.05, 0.1) is 12.0 Å². The van der Waals surface area contributed by atoms with Crippen molar-refractivity contribution in [3.63, 3.8) is 0 Å². The number of hydrogen-bond acceptors (Lipinski definition) is 5. The number of carbonyl (C=O) groups is 1. The van der Waals surface area contributed by atoms with E-state index in [0.717, 1.165) is 31.8 Å². The molecule has 2 heterocycles. The van der Waals surface area contributed by atoms with Gasteiger partial charge in [0.15, 0.2) is 5.82 Å².